The van der Waals surface area contributed by atoms with Gasteiger partial charge in [0.05, 0.1) is 11.0 Å². The van der Waals surface area contributed by atoms with E-state index in [4.69, 9.17) is 19.4 Å². The molecule has 0 aliphatic rings. The van der Waals surface area contributed by atoms with E-state index in [1.165, 1.54) is 42.0 Å². The second-order valence-electron chi connectivity index (χ2n) is 12.8. The Bertz CT molecular complexity index is 3080. The van der Waals surface area contributed by atoms with Gasteiger partial charge in [0.2, 0.25) is 0 Å². The number of aromatic nitrogens is 4. The van der Waals surface area contributed by atoms with Crippen molar-refractivity contribution in [3.05, 3.63) is 158 Å². The lowest BCUT2D eigenvalue weighted by Crippen LogP contribution is -2.00. The Labute approximate surface area is 295 Å². The second kappa shape index (κ2) is 10.9. The summed E-state index contributed by atoms with van der Waals surface area (Å²) in [6, 6.07) is 54.8. The second-order valence-corrected chi connectivity index (χ2v) is 13.8. The largest absolute Gasteiger partial charge is 0.456 e. The number of furan rings is 1. The van der Waals surface area contributed by atoms with Crippen molar-refractivity contribution < 1.29 is 4.42 Å². The fourth-order valence-electron chi connectivity index (χ4n) is 7.58. The average Bonchev–Trinajstić information content (AvgIpc) is 3.87. The molecule has 238 valence electrons. The van der Waals surface area contributed by atoms with E-state index in [9.17, 15) is 0 Å². The van der Waals surface area contributed by atoms with Crippen LogP contribution in [-0.2, 0) is 0 Å². The maximum absolute atomic E-state index is 6.50. The third-order valence-corrected chi connectivity index (χ3v) is 11.1. The van der Waals surface area contributed by atoms with Crippen LogP contribution in [0.1, 0.15) is 0 Å². The van der Waals surface area contributed by atoms with Crippen LogP contribution < -0.4 is 0 Å². The van der Waals surface area contributed by atoms with Crippen molar-refractivity contribution in [3.8, 4) is 39.9 Å². The molecule has 0 unspecified atom stereocenters. The first-order chi connectivity index (χ1) is 25.3. The zero-order valence-corrected chi connectivity index (χ0v) is 27.9. The number of benzene rings is 7. The highest BCUT2D eigenvalue weighted by Crippen LogP contribution is 2.44. The van der Waals surface area contributed by atoms with Crippen LogP contribution in [0.15, 0.2) is 162 Å². The van der Waals surface area contributed by atoms with Crippen LogP contribution in [0.5, 0.6) is 0 Å². The predicted molar refractivity (Wildman–Crippen MR) is 211 cm³/mol. The van der Waals surface area contributed by atoms with Gasteiger partial charge < -0.3 is 8.98 Å². The molecule has 11 aromatic rings. The molecule has 0 aliphatic heterocycles. The highest BCUT2D eigenvalue weighted by atomic mass is 32.1. The number of fused-ring (bicyclic) bond motifs is 10. The summed E-state index contributed by atoms with van der Waals surface area (Å²) in [5, 5.41) is 7.12. The van der Waals surface area contributed by atoms with Gasteiger partial charge in [0, 0.05) is 64.1 Å². The van der Waals surface area contributed by atoms with Crippen LogP contribution in [-0.4, -0.2) is 19.5 Å². The summed E-state index contributed by atoms with van der Waals surface area (Å²) < 4.78 is 11.5. The van der Waals surface area contributed by atoms with Crippen molar-refractivity contribution >= 4 is 75.3 Å². The van der Waals surface area contributed by atoms with Crippen molar-refractivity contribution in [1.82, 2.24) is 19.5 Å². The molecule has 0 spiro atoms. The maximum Gasteiger partial charge on any atom is 0.164 e. The zero-order valence-electron chi connectivity index (χ0n) is 27.1. The maximum atomic E-state index is 6.50. The van der Waals surface area contributed by atoms with Crippen molar-refractivity contribution in [2.45, 2.75) is 0 Å². The number of hydrogen-bond donors (Lipinski definition) is 0. The van der Waals surface area contributed by atoms with Gasteiger partial charge in [-0.05, 0) is 42.5 Å². The first kappa shape index (κ1) is 28.2. The molecule has 0 atom stereocenters. The van der Waals surface area contributed by atoms with E-state index < -0.39 is 0 Å². The van der Waals surface area contributed by atoms with Crippen molar-refractivity contribution in [1.29, 1.82) is 0 Å². The Morgan fingerprint density at radius 1 is 0.451 bits per heavy atom. The molecule has 0 bridgehead atoms. The minimum absolute atomic E-state index is 0.602. The van der Waals surface area contributed by atoms with Gasteiger partial charge in [-0.1, -0.05) is 115 Å². The fraction of sp³-hybridized carbons (Fsp3) is 0. The summed E-state index contributed by atoms with van der Waals surface area (Å²) in [4.78, 5) is 15.1. The molecule has 0 amide bonds. The average molecular weight is 671 g/mol. The molecule has 0 fully saturated rings. The van der Waals surface area contributed by atoms with Crippen LogP contribution in [0.2, 0.25) is 0 Å². The third-order valence-electron chi connectivity index (χ3n) is 9.86. The van der Waals surface area contributed by atoms with E-state index in [1.54, 1.807) is 0 Å². The lowest BCUT2D eigenvalue weighted by atomic mass is 10.0. The van der Waals surface area contributed by atoms with Crippen LogP contribution in [0.3, 0.4) is 0 Å². The van der Waals surface area contributed by atoms with E-state index in [-0.39, 0.29) is 0 Å². The Morgan fingerprint density at radius 3 is 1.92 bits per heavy atom. The third kappa shape index (κ3) is 4.30. The molecule has 6 heteroatoms. The molecule has 4 aromatic heterocycles. The molecular weight excluding hydrogens is 645 g/mol. The molecule has 11 rings (SSSR count). The summed E-state index contributed by atoms with van der Waals surface area (Å²) in [6.07, 6.45) is 0. The lowest BCUT2D eigenvalue weighted by Gasteiger charge is -2.10. The van der Waals surface area contributed by atoms with Crippen LogP contribution in [0.25, 0.3) is 104 Å². The molecule has 0 N–H and O–H groups in total. The summed E-state index contributed by atoms with van der Waals surface area (Å²) in [5.41, 5.74) is 7.79. The number of hydrogen-bond acceptors (Lipinski definition) is 5. The smallest absolute Gasteiger partial charge is 0.164 e. The van der Waals surface area contributed by atoms with Crippen LogP contribution >= 0.6 is 11.3 Å². The van der Waals surface area contributed by atoms with E-state index in [0.717, 1.165) is 44.3 Å². The first-order valence-electron chi connectivity index (χ1n) is 16.9. The Morgan fingerprint density at radius 2 is 1.14 bits per heavy atom. The van der Waals surface area contributed by atoms with Crippen LogP contribution in [0, 0.1) is 0 Å². The van der Waals surface area contributed by atoms with Gasteiger partial charge in [0.1, 0.15) is 11.2 Å². The lowest BCUT2D eigenvalue weighted by molar-refractivity contribution is 0.669. The van der Waals surface area contributed by atoms with E-state index >= 15 is 0 Å². The molecule has 7 aromatic carbocycles. The number of rotatable bonds is 4. The molecule has 51 heavy (non-hydrogen) atoms. The zero-order chi connectivity index (χ0) is 33.5. The Hall–Kier alpha value is -6.63. The summed E-state index contributed by atoms with van der Waals surface area (Å²) in [7, 11) is 0. The SMILES string of the molecule is c1ccc(-c2nc(-c3ccccc3)nc(-c3cccc4oc5ccc(-n6c7ccccc7c7c8sc9ccccc9c8ccc76)cc5c34)n2)cc1. The standard InChI is InChI=1S/C45H26N4OS/c1-3-12-27(13-4-1)43-46-44(28-14-5-2-6-15-28)48-45(47-43)33-18-11-20-38-40(33)34-26-29(22-25-37(34)50-38)49-35-19-9-7-17-32(35)41-36(49)24-23-31-30-16-8-10-21-39(30)51-42(31)41/h1-26H. The topological polar surface area (TPSA) is 56.7 Å². The molecule has 4 heterocycles. The van der Waals surface area contributed by atoms with Gasteiger partial charge in [-0.2, -0.15) is 0 Å². The number of nitrogens with zero attached hydrogens (tertiary/aromatic N) is 4. The van der Waals surface area contributed by atoms with E-state index in [1.807, 2.05) is 84.1 Å². The minimum atomic E-state index is 0.602. The number of para-hydroxylation sites is 1. The van der Waals surface area contributed by atoms with Gasteiger partial charge in [-0.3, -0.25) is 0 Å². The van der Waals surface area contributed by atoms with Gasteiger partial charge in [0.25, 0.3) is 0 Å². The molecule has 0 saturated heterocycles. The van der Waals surface area contributed by atoms with Gasteiger partial charge in [0.15, 0.2) is 17.5 Å². The first-order valence-corrected chi connectivity index (χ1v) is 17.8. The summed E-state index contributed by atoms with van der Waals surface area (Å²) >= 11 is 1.87. The molecule has 5 nitrogen and oxygen atoms in total. The Kier molecular flexibility index (Phi) is 6.05. The van der Waals surface area contributed by atoms with Crippen molar-refractivity contribution in [2.75, 3.05) is 0 Å². The molecule has 0 aliphatic carbocycles. The van der Waals surface area contributed by atoms with Crippen molar-refractivity contribution in [3.63, 3.8) is 0 Å². The van der Waals surface area contributed by atoms with E-state index in [2.05, 4.69) is 89.5 Å². The summed E-state index contributed by atoms with van der Waals surface area (Å²) in [6.45, 7) is 0. The van der Waals surface area contributed by atoms with Gasteiger partial charge in [-0.15, -0.1) is 11.3 Å². The molecule has 0 saturated carbocycles. The van der Waals surface area contributed by atoms with Crippen LogP contribution in [0.4, 0.5) is 0 Å². The monoisotopic (exact) mass is 670 g/mol. The normalized spacial score (nSPS) is 11.9. The quantitative estimate of drug-likeness (QED) is 0.187. The van der Waals surface area contributed by atoms with E-state index in [0.29, 0.717) is 17.5 Å². The Balaban J connectivity index is 1.17. The fourth-order valence-corrected chi connectivity index (χ4v) is 8.84. The summed E-state index contributed by atoms with van der Waals surface area (Å²) in [5.74, 6) is 1.86. The van der Waals surface area contributed by atoms with Gasteiger partial charge in [-0.25, -0.2) is 15.0 Å². The highest BCUT2D eigenvalue weighted by molar-refractivity contribution is 7.26. The van der Waals surface area contributed by atoms with Gasteiger partial charge >= 0.3 is 0 Å². The molecular formula is C45H26N4OS. The minimum Gasteiger partial charge on any atom is -0.456 e. The number of thiophene rings is 1. The molecule has 0 radical (unpaired) electrons. The highest BCUT2D eigenvalue weighted by Gasteiger charge is 2.21. The predicted octanol–water partition coefficient (Wildman–Crippen LogP) is 12.2. The van der Waals surface area contributed by atoms with Crippen molar-refractivity contribution in [2.24, 2.45) is 0 Å².